The zero-order valence-corrected chi connectivity index (χ0v) is 21.9. The molecule has 34 heavy (non-hydrogen) atoms. The number of hydrogen-bond donors (Lipinski definition) is 1. The number of carbonyl (C=O) groups is 1. The number of aliphatic hydroxyl groups excluding tert-OH is 1. The molecule has 0 aromatic heterocycles. The van der Waals surface area contributed by atoms with Crippen molar-refractivity contribution >= 4 is 6.29 Å². The average Bonchev–Trinajstić information content (AvgIpc) is 2.86. The lowest BCUT2D eigenvalue weighted by molar-refractivity contribution is -0.308. The van der Waals surface area contributed by atoms with E-state index in [1.807, 2.05) is 0 Å². The SMILES string of the molecule is CCCC1(C)C(=CC=O)C=CC2=C1C=CC1(C)C3CCC(OC4(OC(C)(C)C(C)C4O)C3C)C21. The summed E-state index contributed by atoms with van der Waals surface area (Å²) in [4.78, 5) is 11.4. The maximum Gasteiger partial charge on any atom is 0.198 e. The number of fused-ring (bicyclic) bond motifs is 1. The van der Waals surface area contributed by atoms with Crippen molar-refractivity contribution in [3.05, 3.63) is 47.1 Å². The molecule has 3 aliphatic heterocycles. The lowest BCUT2D eigenvalue weighted by Crippen LogP contribution is -2.51. The van der Waals surface area contributed by atoms with Gasteiger partial charge >= 0.3 is 0 Å². The predicted octanol–water partition coefficient (Wildman–Crippen LogP) is 5.92. The van der Waals surface area contributed by atoms with Crippen LogP contribution in [0.2, 0.25) is 0 Å². The molecule has 1 saturated carbocycles. The van der Waals surface area contributed by atoms with E-state index < -0.39 is 17.5 Å². The molecule has 1 N–H and O–H groups in total. The number of rotatable bonds is 3. The standard InChI is InChI=1S/C30H42O4/c1-8-15-28(6)20(14-17-31)9-10-21-23(28)13-16-29(7)22-11-12-24(25(21)29)33-30(18(22)2)26(32)19(3)27(4,5)34-30/h9-10,13-14,16-19,22,24-26,32H,8,11-12,15H2,1-7H3. The molecular weight excluding hydrogens is 424 g/mol. The third-order valence-corrected chi connectivity index (χ3v) is 10.5. The van der Waals surface area contributed by atoms with Crippen LogP contribution in [0.25, 0.3) is 0 Å². The summed E-state index contributed by atoms with van der Waals surface area (Å²) in [6, 6.07) is 0. The molecule has 9 atom stereocenters. The Kier molecular flexibility index (Phi) is 5.52. The van der Waals surface area contributed by atoms with Crippen LogP contribution in [0.3, 0.4) is 0 Å². The minimum Gasteiger partial charge on any atom is -0.387 e. The second kappa shape index (κ2) is 7.75. The van der Waals surface area contributed by atoms with E-state index in [-0.39, 0.29) is 34.7 Å². The summed E-state index contributed by atoms with van der Waals surface area (Å²) in [6.07, 6.45) is 15.2. The topological polar surface area (TPSA) is 55.8 Å². The van der Waals surface area contributed by atoms with Gasteiger partial charge in [0, 0.05) is 23.2 Å². The molecule has 4 fully saturated rings. The van der Waals surface area contributed by atoms with E-state index in [1.165, 1.54) is 11.1 Å². The summed E-state index contributed by atoms with van der Waals surface area (Å²) >= 11 is 0. The van der Waals surface area contributed by atoms with E-state index in [4.69, 9.17) is 9.47 Å². The van der Waals surface area contributed by atoms with E-state index >= 15 is 0 Å². The normalized spacial score (nSPS) is 49.9. The highest BCUT2D eigenvalue weighted by molar-refractivity contribution is 5.70. The Labute approximate surface area is 205 Å². The smallest absolute Gasteiger partial charge is 0.198 e. The van der Waals surface area contributed by atoms with Crippen molar-refractivity contribution in [2.45, 2.75) is 97.7 Å². The van der Waals surface area contributed by atoms with Gasteiger partial charge in [-0.05, 0) is 67.2 Å². The van der Waals surface area contributed by atoms with Crippen molar-refractivity contribution < 1.29 is 19.4 Å². The van der Waals surface area contributed by atoms with Crippen molar-refractivity contribution in [2.75, 3.05) is 0 Å². The quantitative estimate of drug-likeness (QED) is 0.414. The van der Waals surface area contributed by atoms with Crippen molar-refractivity contribution in [2.24, 2.45) is 34.5 Å². The molecule has 3 saturated heterocycles. The summed E-state index contributed by atoms with van der Waals surface area (Å²) < 4.78 is 13.7. The highest BCUT2D eigenvalue weighted by Gasteiger charge is 2.68. The molecule has 4 nitrogen and oxygen atoms in total. The van der Waals surface area contributed by atoms with E-state index in [1.54, 1.807) is 6.08 Å². The fourth-order valence-corrected chi connectivity index (χ4v) is 8.34. The first-order valence-electron chi connectivity index (χ1n) is 13.3. The maximum atomic E-state index is 11.5. The van der Waals surface area contributed by atoms with Crippen molar-refractivity contribution in [1.29, 1.82) is 0 Å². The second-order valence-electron chi connectivity index (χ2n) is 12.5. The molecule has 0 amide bonds. The minimum absolute atomic E-state index is 0.00828. The summed E-state index contributed by atoms with van der Waals surface area (Å²) in [5.74, 6) is -0.370. The number of aldehydes is 1. The predicted molar refractivity (Wildman–Crippen MR) is 134 cm³/mol. The first-order chi connectivity index (χ1) is 16.0. The summed E-state index contributed by atoms with van der Waals surface area (Å²) in [6.45, 7) is 15.4. The van der Waals surface area contributed by atoms with Gasteiger partial charge in [-0.25, -0.2) is 0 Å². The fraction of sp³-hybridized carbons (Fsp3) is 0.700. The fourth-order valence-electron chi connectivity index (χ4n) is 8.34. The second-order valence-corrected chi connectivity index (χ2v) is 12.5. The number of hydrogen-bond acceptors (Lipinski definition) is 4. The van der Waals surface area contributed by atoms with Crippen molar-refractivity contribution in [1.82, 2.24) is 0 Å². The molecule has 6 rings (SSSR count). The van der Waals surface area contributed by atoms with Gasteiger partial charge in [-0.15, -0.1) is 0 Å². The molecule has 3 heterocycles. The molecule has 6 aliphatic rings. The van der Waals surface area contributed by atoms with Crippen LogP contribution in [0, 0.1) is 34.5 Å². The zero-order chi connectivity index (χ0) is 24.7. The molecular formula is C30H42O4. The number of allylic oxidation sites excluding steroid dienone is 7. The number of carbonyl (C=O) groups excluding carboxylic acids is 1. The Morgan fingerprint density at radius 3 is 2.44 bits per heavy atom. The van der Waals surface area contributed by atoms with Crippen molar-refractivity contribution in [3.63, 3.8) is 0 Å². The van der Waals surface area contributed by atoms with E-state index in [0.717, 1.165) is 37.5 Å². The van der Waals surface area contributed by atoms with Crippen LogP contribution in [0.5, 0.6) is 0 Å². The monoisotopic (exact) mass is 466 g/mol. The lowest BCUT2D eigenvalue weighted by Gasteiger charge is -2.53. The Morgan fingerprint density at radius 2 is 1.82 bits per heavy atom. The highest BCUT2D eigenvalue weighted by Crippen LogP contribution is 2.65. The van der Waals surface area contributed by atoms with Gasteiger partial charge in [-0.1, -0.05) is 65.3 Å². The van der Waals surface area contributed by atoms with Crippen LogP contribution in [0.15, 0.2) is 47.1 Å². The van der Waals surface area contributed by atoms with Crippen LogP contribution in [-0.2, 0) is 14.3 Å². The molecule has 0 radical (unpaired) electrons. The third kappa shape index (κ3) is 2.97. The van der Waals surface area contributed by atoms with Gasteiger partial charge in [0.05, 0.1) is 11.7 Å². The maximum absolute atomic E-state index is 11.5. The number of ether oxygens (including phenoxy) is 2. The molecule has 3 aliphatic carbocycles. The van der Waals surface area contributed by atoms with Crippen molar-refractivity contribution in [3.8, 4) is 0 Å². The Hall–Kier alpha value is -1.49. The number of aliphatic hydroxyl groups is 1. The van der Waals surface area contributed by atoms with Gasteiger partial charge in [-0.2, -0.15) is 0 Å². The van der Waals surface area contributed by atoms with Gasteiger partial charge in [0.1, 0.15) is 12.4 Å². The van der Waals surface area contributed by atoms with E-state index in [2.05, 4.69) is 72.8 Å². The molecule has 1 spiro atoms. The average molecular weight is 467 g/mol. The van der Waals surface area contributed by atoms with Crippen LogP contribution < -0.4 is 0 Å². The summed E-state index contributed by atoms with van der Waals surface area (Å²) in [7, 11) is 0. The highest BCUT2D eigenvalue weighted by atomic mass is 16.7. The molecule has 9 unspecified atom stereocenters. The van der Waals surface area contributed by atoms with E-state index in [9.17, 15) is 9.90 Å². The summed E-state index contributed by atoms with van der Waals surface area (Å²) in [5.41, 5.74) is 3.06. The molecule has 4 heteroatoms. The first-order valence-corrected chi connectivity index (χ1v) is 13.3. The van der Waals surface area contributed by atoms with Gasteiger partial charge < -0.3 is 14.6 Å². The Bertz CT molecular complexity index is 1000. The van der Waals surface area contributed by atoms with Gasteiger partial charge in [0.2, 0.25) is 0 Å². The van der Waals surface area contributed by atoms with Gasteiger partial charge in [0.25, 0.3) is 0 Å². The minimum atomic E-state index is -0.975. The van der Waals surface area contributed by atoms with Gasteiger partial charge in [0.15, 0.2) is 5.79 Å². The van der Waals surface area contributed by atoms with Gasteiger partial charge in [-0.3, -0.25) is 4.79 Å². The van der Waals surface area contributed by atoms with Crippen LogP contribution in [0.4, 0.5) is 0 Å². The molecule has 0 aromatic carbocycles. The molecule has 2 bridgehead atoms. The third-order valence-electron chi connectivity index (χ3n) is 10.5. The Balaban J connectivity index is 1.64. The molecule has 186 valence electrons. The zero-order valence-electron chi connectivity index (χ0n) is 21.9. The first kappa shape index (κ1) is 24.2. The molecule has 0 aromatic rings. The summed E-state index contributed by atoms with van der Waals surface area (Å²) in [5, 5.41) is 11.5. The Morgan fingerprint density at radius 1 is 1.09 bits per heavy atom. The largest absolute Gasteiger partial charge is 0.387 e. The van der Waals surface area contributed by atoms with E-state index in [0.29, 0.717) is 5.92 Å². The van der Waals surface area contributed by atoms with Crippen LogP contribution >= 0.6 is 0 Å². The van der Waals surface area contributed by atoms with Crippen LogP contribution in [0.1, 0.15) is 74.1 Å². The lowest BCUT2D eigenvalue weighted by atomic mass is 9.50. The van der Waals surface area contributed by atoms with Crippen LogP contribution in [-0.4, -0.2) is 35.0 Å².